The molecule has 0 saturated carbocycles. The van der Waals surface area contributed by atoms with Crippen molar-refractivity contribution in [3.05, 3.63) is 77.7 Å². The highest BCUT2D eigenvalue weighted by Crippen LogP contribution is 2.15. The smallest absolute Gasteiger partial charge is 0.270 e. The van der Waals surface area contributed by atoms with Crippen LogP contribution in [0.15, 0.2) is 60.9 Å². The fourth-order valence-electron chi connectivity index (χ4n) is 2.56. The zero-order valence-electron chi connectivity index (χ0n) is 15.3. The van der Waals surface area contributed by atoms with Gasteiger partial charge in [0.15, 0.2) is 0 Å². The number of rotatable bonds is 7. The van der Waals surface area contributed by atoms with Gasteiger partial charge in [0.2, 0.25) is 0 Å². The number of nitrogens with one attached hydrogen (secondary N) is 2. The number of amides is 1. The van der Waals surface area contributed by atoms with Gasteiger partial charge in [-0.1, -0.05) is 12.1 Å². The van der Waals surface area contributed by atoms with Crippen LogP contribution in [0.4, 0.5) is 11.5 Å². The average molecular weight is 373 g/mol. The lowest BCUT2D eigenvalue weighted by Crippen LogP contribution is -2.26. The van der Waals surface area contributed by atoms with Gasteiger partial charge in [-0.3, -0.25) is 4.79 Å². The number of carbonyl (C=O) groups is 1. The molecule has 1 heterocycles. The van der Waals surface area contributed by atoms with E-state index in [1.54, 1.807) is 37.4 Å². The van der Waals surface area contributed by atoms with Crippen molar-refractivity contribution in [2.24, 2.45) is 0 Å². The molecule has 1 amide bonds. The summed E-state index contributed by atoms with van der Waals surface area (Å²) in [6, 6.07) is 18.3. The third kappa shape index (κ3) is 5.05. The molecule has 7 heteroatoms. The summed E-state index contributed by atoms with van der Waals surface area (Å²) in [6.07, 6.45) is 2.02. The van der Waals surface area contributed by atoms with E-state index in [2.05, 4.69) is 26.7 Å². The van der Waals surface area contributed by atoms with Gasteiger partial charge >= 0.3 is 0 Å². The molecule has 2 aromatic carbocycles. The first-order chi connectivity index (χ1) is 13.7. The van der Waals surface area contributed by atoms with Crippen molar-refractivity contribution in [3.8, 4) is 11.8 Å². The Morgan fingerprint density at radius 2 is 1.96 bits per heavy atom. The largest absolute Gasteiger partial charge is 0.497 e. The van der Waals surface area contributed by atoms with E-state index in [0.29, 0.717) is 24.3 Å². The summed E-state index contributed by atoms with van der Waals surface area (Å²) in [5.41, 5.74) is 2.69. The molecule has 0 saturated heterocycles. The summed E-state index contributed by atoms with van der Waals surface area (Å²) in [5.74, 6) is 1.02. The van der Waals surface area contributed by atoms with Gasteiger partial charge in [0.05, 0.1) is 18.7 Å². The highest BCUT2D eigenvalue weighted by Gasteiger charge is 2.09. The minimum absolute atomic E-state index is 0.270. The van der Waals surface area contributed by atoms with Crippen LogP contribution >= 0.6 is 0 Å². The van der Waals surface area contributed by atoms with Crippen LogP contribution in [0.5, 0.6) is 5.75 Å². The molecule has 0 aliphatic heterocycles. The van der Waals surface area contributed by atoms with Crippen molar-refractivity contribution >= 4 is 17.4 Å². The zero-order valence-corrected chi connectivity index (χ0v) is 15.3. The molecule has 0 aliphatic rings. The van der Waals surface area contributed by atoms with Crippen LogP contribution in [-0.2, 0) is 6.42 Å². The van der Waals surface area contributed by atoms with Gasteiger partial charge < -0.3 is 15.4 Å². The number of hydrogen-bond donors (Lipinski definition) is 2. The van der Waals surface area contributed by atoms with E-state index in [-0.39, 0.29) is 11.6 Å². The molecule has 3 aromatic rings. The number of nitrogens with zero attached hydrogens (tertiary/aromatic N) is 3. The number of ether oxygens (including phenoxy) is 1. The van der Waals surface area contributed by atoms with Crippen LogP contribution in [0.3, 0.4) is 0 Å². The first-order valence-electron chi connectivity index (χ1n) is 8.68. The molecule has 0 radical (unpaired) electrons. The Bertz CT molecular complexity index is 996. The van der Waals surface area contributed by atoms with Gasteiger partial charge in [0.1, 0.15) is 23.6 Å². The maximum atomic E-state index is 12.4. The number of anilines is 2. The third-order valence-corrected chi connectivity index (χ3v) is 4.02. The maximum Gasteiger partial charge on any atom is 0.270 e. The van der Waals surface area contributed by atoms with Gasteiger partial charge in [-0.2, -0.15) is 5.26 Å². The SMILES string of the molecule is COc1cccc(CCNC(=O)c2cc(Nc3ccc(C#N)cc3)ncn2)c1. The Morgan fingerprint density at radius 3 is 2.71 bits per heavy atom. The molecule has 28 heavy (non-hydrogen) atoms. The highest BCUT2D eigenvalue weighted by molar-refractivity contribution is 5.92. The summed E-state index contributed by atoms with van der Waals surface area (Å²) in [5, 5.41) is 14.8. The summed E-state index contributed by atoms with van der Waals surface area (Å²) >= 11 is 0. The molecular formula is C21H19N5O2. The van der Waals surface area contributed by atoms with Crippen LogP contribution in [0.1, 0.15) is 21.6 Å². The minimum Gasteiger partial charge on any atom is -0.497 e. The lowest BCUT2D eigenvalue weighted by atomic mass is 10.1. The predicted octanol–water partition coefficient (Wildman–Crippen LogP) is 3.07. The van der Waals surface area contributed by atoms with E-state index < -0.39 is 0 Å². The number of benzene rings is 2. The Morgan fingerprint density at radius 1 is 1.14 bits per heavy atom. The topological polar surface area (TPSA) is 99.9 Å². The molecule has 0 fully saturated rings. The first-order valence-corrected chi connectivity index (χ1v) is 8.68. The molecule has 0 spiro atoms. The molecule has 0 aliphatic carbocycles. The van der Waals surface area contributed by atoms with Gasteiger partial charge in [0.25, 0.3) is 5.91 Å². The van der Waals surface area contributed by atoms with Crippen molar-refractivity contribution in [1.82, 2.24) is 15.3 Å². The van der Waals surface area contributed by atoms with E-state index in [1.807, 2.05) is 24.3 Å². The second-order valence-corrected chi connectivity index (χ2v) is 5.96. The highest BCUT2D eigenvalue weighted by atomic mass is 16.5. The van der Waals surface area contributed by atoms with E-state index in [0.717, 1.165) is 17.0 Å². The summed E-state index contributed by atoms with van der Waals surface area (Å²) in [7, 11) is 1.62. The number of aromatic nitrogens is 2. The molecule has 0 atom stereocenters. The molecule has 0 unspecified atom stereocenters. The summed E-state index contributed by atoms with van der Waals surface area (Å²) in [6.45, 7) is 0.481. The number of hydrogen-bond acceptors (Lipinski definition) is 6. The van der Waals surface area contributed by atoms with Crippen molar-refractivity contribution in [3.63, 3.8) is 0 Å². The Hall–Kier alpha value is -3.92. The lowest BCUT2D eigenvalue weighted by Gasteiger charge is -2.08. The summed E-state index contributed by atoms with van der Waals surface area (Å²) < 4.78 is 5.20. The van der Waals surface area contributed by atoms with Gasteiger partial charge in [-0.05, 0) is 48.4 Å². The predicted molar refractivity (Wildman–Crippen MR) is 106 cm³/mol. The van der Waals surface area contributed by atoms with Crippen molar-refractivity contribution in [2.75, 3.05) is 19.0 Å². The van der Waals surface area contributed by atoms with Crippen LogP contribution in [0, 0.1) is 11.3 Å². The van der Waals surface area contributed by atoms with Gasteiger partial charge in [0, 0.05) is 18.3 Å². The fourth-order valence-corrected chi connectivity index (χ4v) is 2.56. The molecule has 1 aromatic heterocycles. The van der Waals surface area contributed by atoms with Crippen LogP contribution in [-0.4, -0.2) is 29.5 Å². The molecular weight excluding hydrogens is 354 g/mol. The number of methoxy groups -OCH3 is 1. The van der Waals surface area contributed by atoms with E-state index in [1.165, 1.54) is 6.33 Å². The standard InChI is InChI=1S/C21H19N5O2/c1-28-18-4-2-3-15(11-18)9-10-23-21(27)19-12-20(25-14-24-19)26-17-7-5-16(13-22)6-8-17/h2-8,11-12,14H,9-10H2,1H3,(H,23,27)(H,24,25,26). The monoisotopic (exact) mass is 373 g/mol. The number of carbonyl (C=O) groups excluding carboxylic acids is 1. The first kappa shape index (κ1) is 18.9. The van der Waals surface area contributed by atoms with Gasteiger partial charge in [-0.25, -0.2) is 9.97 Å². The lowest BCUT2D eigenvalue weighted by molar-refractivity contribution is 0.0949. The van der Waals surface area contributed by atoms with E-state index in [9.17, 15) is 4.79 Å². The Balaban J connectivity index is 1.57. The van der Waals surface area contributed by atoms with Crippen LogP contribution in [0.25, 0.3) is 0 Å². The molecule has 3 rings (SSSR count). The van der Waals surface area contributed by atoms with E-state index in [4.69, 9.17) is 10.00 Å². The van der Waals surface area contributed by atoms with E-state index >= 15 is 0 Å². The van der Waals surface area contributed by atoms with Gasteiger partial charge in [-0.15, -0.1) is 0 Å². The molecule has 7 nitrogen and oxygen atoms in total. The number of nitriles is 1. The van der Waals surface area contributed by atoms with Crippen molar-refractivity contribution in [2.45, 2.75) is 6.42 Å². The molecule has 2 N–H and O–H groups in total. The Kier molecular flexibility index (Phi) is 6.16. The fraction of sp³-hybridized carbons (Fsp3) is 0.143. The summed E-state index contributed by atoms with van der Waals surface area (Å²) in [4.78, 5) is 20.5. The Labute approximate surface area is 163 Å². The maximum absolute atomic E-state index is 12.4. The second kappa shape index (κ2) is 9.14. The van der Waals surface area contributed by atoms with Crippen LogP contribution < -0.4 is 15.4 Å². The average Bonchev–Trinajstić information content (AvgIpc) is 2.74. The molecule has 140 valence electrons. The van der Waals surface area contributed by atoms with Crippen molar-refractivity contribution < 1.29 is 9.53 Å². The van der Waals surface area contributed by atoms with Crippen molar-refractivity contribution in [1.29, 1.82) is 5.26 Å². The molecule has 0 bridgehead atoms. The normalized spacial score (nSPS) is 10.0. The third-order valence-electron chi connectivity index (χ3n) is 4.02. The van der Waals surface area contributed by atoms with Crippen LogP contribution in [0.2, 0.25) is 0 Å². The quantitative estimate of drug-likeness (QED) is 0.660. The minimum atomic E-state index is -0.270. The zero-order chi connectivity index (χ0) is 19.8. The second-order valence-electron chi connectivity index (χ2n) is 5.96.